The maximum absolute atomic E-state index is 12.5. The van der Waals surface area contributed by atoms with Crippen LogP contribution in [0, 0.1) is 12.8 Å². The number of nitrogens with one attached hydrogen (secondary N) is 2. The maximum atomic E-state index is 12.5. The predicted molar refractivity (Wildman–Crippen MR) is 147 cm³/mol. The summed E-state index contributed by atoms with van der Waals surface area (Å²) < 4.78 is 42.6. The quantitative estimate of drug-likeness (QED) is 0.213. The molecule has 2 aromatic heterocycles. The third-order valence-corrected chi connectivity index (χ3v) is 8.11. The van der Waals surface area contributed by atoms with Crippen molar-refractivity contribution in [1.82, 2.24) is 15.0 Å². The molecule has 2 unspecified atom stereocenters. The molecule has 0 saturated heterocycles. The molecule has 4 atom stereocenters. The number of hydrogen-bond donors (Lipinski definition) is 3. The van der Waals surface area contributed by atoms with Crippen LogP contribution in [0.3, 0.4) is 0 Å². The van der Waals surface area contributed by atoms with E-state index in [1.54, 1.807) is 23.5 Å². The number of benzene rings is 2. The Morgan fingerprint density at radius 2 is 1.77 bits per heavy atom. The Morgan fingerprint density at radius 1 is 1.03 bits per heavy atom. The van der Waals surface area contributed by atoms with Gasteiger partial charge in [0.15, 0.2) is 0 Å². The lowest BCUT2D eigenvalue weighted by atomic mass is 10.0. The Hall–Kier alpha value is -3.44. The molecule has 206 valence electrons. The molecule has 5 rings (SSSR count). The molecule has 0 spiro atoms. The average Bonchev–Trinajstić information content (AvgIpc) is 3.50. The van der Waals surface area contributed by atoms with Crippen molar-refractivity contribution >= 4 is 33.3 Å². The van der Waals surface area contributed by atoms with Gasteiger partial charge in [0, 0.05) is 6.04 Å². The Kier molecular flexibility index (Phi) is 7.64. The molecule has 11 heteroatoms. The summed E-state index contributed by atoms with van der Waals surface area (Å²) in [4.78, 5) is 14.4. The average molecular weight is 558 g/mol. The van der Waals surface area contributed by atoms with Crippen LogP contribution in [0.2, 0.25) is 0 Å². The van der Waals surface area contributed by atoms with Crippen molar-refractivity contribution in [3.63, 3.8) is 0 Å². The van der Waals surface area contributed by atoms with E-state index in [0.717, 1.165) is 51.3 Å². The zero-order valence-corrected chi connectivity index (χ0v) is 22.6. The number of halogens is 3. The van der Waals surface area contributed by atoms with Crippen LogP contribution in [0.1, 0.15) is 50.4 Å². The van der Waals surface area contributed by atoms with E-state index < -0.39 is 6.36 Å². The minimum atomic E-state index is -4.74. The Bertz CT molecular complexity index is 1410. The SMILES string of the molecule is Cc1nc(N[C@H](C)c2ccc(OC(F)(F)F)cc2)nc(N[C@H]2CCC(C(C)O)C2)c1-c1nc2ccccc2s1. The third-order valence-electron chi connectivity index (χ3n) is 7.05. The lowest BCUT2D eigenvalue weighted by Crippen LogP contribution is -2.21. The summed E-state index contributed by atoms with van der Waals surface area (Å²) in [7, 11) is 0. The van der Waals surface area contributed by atoms with Gasteiger partial charge in [0.05, 0.1) is 33.6 Å². The molecular formula is C28H30F3N5O2S. The zero-order valence-electron chi connectivity index (χ0n) is 21.8. The number of nitrogens with zero attached hydrogens (tertiary/aromatic N) is 3. The molecular weight excluding hydrogens is 527 g/mol. The largest absolute Gasteiger partial charge is 0.573 e. The van der Waals surface area contributed by atoms with Gasteiger partial charge in [0.2, 0.25) is 5.95 Å². The van der Waals surface area contributed by atoms with Crippen molar-refractivity contribution in [1.29, 1.82) is 0 Å². The van der Waals surface area contributed by atoms with Crippen molar-refractivity contribution in [2.24, 2.45) is 5.92 Å². The second-order valence-electron chi connectivity index (χ2n) is 9.98. The molecule has 0 aliphatic heterocycles. The molecule has 2 aromatic carbocycles. The van der Waals surface area contributed by atoms with Gasteiger partial charge in [-0.05, 0) is 75.8 Å². The number of anilines is 2. The van der Waals surface area contributed by atoms with Crippen LogP contribution < -0.4 is 15.4 Å². The Balaban J connectivity index is 1.43. The maximum Gasteiger partial charge on any atom is 0.573 e. The number of aryl methyl sites for hydroxylation is 1. The third kappa shape index (κ3) is 6.42. The fourth-order valence-electron chi connectivity index (χ4n) is 4.99. The van der Waals surface area contributed by atoms with Crippen molar-refractivity contribution in [2.45, 2.75) is 64.6 Å². The second kappa shape index (κ2) is 11.0. The van der Waals surface area contributed by atoms with Crippen LogP contribution in [-0.2, 0) is 0 Å². The summed E-state index contributed by atoms with van der Waals surface area (Å²) in [6.07, 6.45) is -2.40. The van der Waals surface area contributed by atoms with Gasteiger partial charge in [-0.1, -0.05) is 24.3 Å². The topological polar surface area (TPSA) is 92.2 Å². The Labute approximate surface area is 228 Å². The number of aliphatic hydroxyl groups is 1. The summed E-state index contributed by atoms with van der Waals surface area (Å²) in [5, 5.41) is 17.8. The normalized spacial score (nSPS) is 19.2. The number of ether oxygens (including phenoxy) is 1. The summed E-state index contributed by atoms with van der Waals surface area (Å²) in [5.41, 5.74) is 3.25. The number of thiazole rings is 1. The fourth-order valence-corrected chi connectivity index (χ4v) is 6.05. The number of aliphatic hydroxyl groups excluding tert-OH is 1. The number of rotatable bonds is 8. The molecule has 1 aliphatic rings. The highest BCUT2D eigenvalue weighted by Crippen LogP contribution is 2.38. The molecule has 39 heavy (non-hydrogen) atoms. The summed E-state index contributed by atoms with van der Waals surface area (Å²) in [6.45, 7) is 5.64. The molecule has 2 heterocycles. The highest BCUT2D eigenvalue weighted by molar-refractivity contribution is 7.21. The summed E-state index contributed by atoms with van der Waals surface area (Å²) >= 11 is 1.58. The van der Waals surface area contributed by atoms with Crippen LogP contribution in [-0.4, -0.2) is 38.6 Å². The van der Waals surface area contributed by atoms with E-state index in [1.165, 1.54) is 12.1 Å². The summed E-state index contributed by atoms with van der Waals surface area (Å²) in [5.74, 6) is 1.03. The van der Waals surface area contributed by atoms with Gasteiger partial charge in [-0.25, -0.2) is 9.97 Å². The first-order chi connectivity index (χ1) is 18.6. The molecule has 4 aromatic rings. The molecule has 1 aliphatic carbocycles. The minimum absolute atomic E-state index is 0.151. The van der Waals surface area contributed by atoms with Gasteiger partial charge in [0.1, 0.15) is 16.6 Å². The van der Waals surface area contributed by atoms with Crippen LogP contribution in [0.15, 0.2) is 48.5 Å². The van der Waals surface area contributed by atoms with Crippen LogP contribution >= 0.6 is 11.3 Å². The molecule has 1 saturated carbocycles. The van der Waals surface area contributed by atoms with Crippen molar-refractivity contribution < 1.29 is 23.0 Å². The van der Waals surface area contributed by atoms with Crippen LogP contribution in [0.25, 0.3) is 20.8 Å². The molecule has 0 amide bonds. The van der Waals surface area contributed by atoms with Crippen LogP contribution in [0.5, 0.6) is 5.75 Å². The van der Waals surface area contributed by atoms with E-state index in [4.69, 9.17) is 15.0 Å². The molecule has 0 bridgehead atoms. The van der Waals surface area contributed by atoms with Gasteiger partial charge in [0.25, 0.3) is 0 Å². The monoisotopic (exact) mass is 557 g/mol. The molecule has 1 fully saturated rings. The highest BCUT2D eigenvalue weighted by Gasteiger charge is 2.31. The van der Waals surface area contributed by atoms with E-state index in [2.05, 4.69) is 15.4 Å². The summed E-state index contributed by atoms with van der Waals surface area (Å²) in [6, 6.07) is 13.6. The standard InChI is InChI=1S/C28H30F3N5O2S/c1-15(18-9-12-21(13-10-18)38-28(29,30)31)32-27-33-16(2)24(26-35-22-6-4-5-7-23(22)39-26)25(36-27)34-20-11-8-19(14-20)17(3)37/h4-7,9-10,12-13,15,17,19-20,37H,8,11,14H2,1-3H3,(H2,32,33,34,36)/t15-,17?,19?,20+/m1/s1. The predicted octanol–water partition coefficient (Wildman–Crippen LogP) is 7.09. The first-order valence-electron chi connectivity index (χ1n) is 12.9. The van der Waals surface area contributed by atoms with Gasteiger partial charge < -0.3 is 20.5 Å². The van der Waals surface area contributed by atoms with E-state index in [-0.39, 0.29) is 29.9 Å². The van der Waals surface area contributed by atoms with Crippen molar-refractivity contribution in [3.8, 4) is 16.3 Å². The van der Waals surface area contributed by atoms with Gasteiger partial charge in [-0.2, -0.15) is 4.98 Å². The van der Waals surface area contributed by atoms with Gasteiger partial charge in [-0.3, -0.25) is 0 Å². The molecule has 3 N–H and O–H groups in total. The first kappa shape index (κ1) is 27.1. The number of alkyl halides is 3. The van der Waals surface area contributed by atoms with Crippen LogP contribution in [0.4, 0.5) is 24.9 Å². The lowest BCUT2D eigenvalue weighted by Gasteiger charge is -2.20. The number of aromatic nitrogens is 3. The number of hydrogen-bond acceptors (Lipinski definition) is 8. The van der Waals surface area contributed by atoms with Crippen molar-refractivity contribution in [3.05, 3.63) is 59.8 Å². The lowest BCUT2D eigenvalue weighted by molar-refractivity contribution is -0.274. The van der Waals surface area contributed by atoms with Gasteiger partial charge >= 0.3 is 6.36 Å². The van der Waals surface area contributed by atoms with E-state index in [9.17, 15) is 18.3 Å². The second-order valence-corrected chi connectivity index (χ2v) is 11.0. The zero-order chi connectivity index (χ0) is 27.7. The fraction of sp³-hybridized carbons (Fsp3) is 0.393. The van der Waals surface area contributed by atoms with Crippen molar-refractivity contribution in [2.75, 3.05) is 10.6 Å². The number of para-hydroxylation sites is 1. The van der Waals surface area contributed by atoms with E-state index in [0.29, 0.717) is 11.8 Å². The van der Waals surface area contributed by atoms with E-state index >= 15 is 0 Å². The van der Waals surface area contributed by atoms with Gasteiger partial charge in [-0.15, -0.1) is 24.5 Å². The van der Waals surface area contributed by atoms with E-state index in [1.807, 2.05) is 45.0 Å². The minimum Gasteiger partial charge on any atom is -0.406 e. The highest BCUT2D eigenvalue weighted by atomic mass is 32.1. The Morgan fingerprint density at radius 3 is 2.44 bits per heavy atom. The number of fused-ring (bicyclic) bond motifs is 1. The first-order valence-corrected chi connectivity index (χ1v) is 13.7. The molecule has 0 radical (unpaired) electrons. The molecule has 7 nitrogen and oxygen atoms in total. The smallest absolute Gasteiger partial charge is 0.406 e.